The molecule has 1 heterocycles. The van der Waals surface area contributed by atoms with Crippen LogP contribution in [0.1, 0.15) is 12.0 Å². The summed E-state index contributed by atoms with van der Waals surface area (Å²) in [4.78, 5) is 2.67. The molecule has 0 bridgehead atoms. The van der Waals surface area contributed by atoms with E-state index in [-0.39, 0.29) is 12.7 Å². The Balaban J connectivity index is 1.70. The van der Waals surface area contributed by atoms with E-state index in [0.29, 0.717) is 18.2 Å². The number of thiocarbonyl (C=S) groups is 1. The molecule has 3 N–H and O–H groups in total. The Morgan fingerprint density at radius 3 is 3.14 bits per heavy atom. The number of aliphatic hydroxyl groups is 1. The number of nitrogens with zero attached hydrogens (tertiary/aromatic N) is 1. The molecular formula is C15H22N2O3S. The summed E-state index contributed by atoms with van der Waals surface area (Å²) in [6.07, 6.45) is 0.872. The van der Waals surface area contributed by atoms with Gasteiger partial charge >= 0.3 is 0 Å². The van der Waals surface area contributed by atoms with Gasteiger partial charge in [0.15, 0.2) is 0 Å². The van der Waals surface area contributed by atoms with Crippen LogP contribution in [-0.2, 0) is 4.74 Å². The molecule has 1 fully saturated rings. The van der Waals surface area contributed by atoms with Gasteiger partial charge in [-0.1, -0.05) is 24.4 Å². The van der Waals surface area contributed by atoms with Gasteiger partial charge in [0.1, 0.15) is 10.7 Å². The minimum absolute atomic E-state index is 0.0538. The molecule has 0 aliphatic carbocycles. The third-order valence-corrected chi connectivity index (χ3v) is 3.67. The molecule has 116 valence electrons. The zero-order chi connectivity index (χ0) is 15.1. The van der Waals surface area contributed by atoms with Crippen LogP contribution >= 0.6 is 12.2 Å². The molecule has 2 rings (SSSR count). The Bertz CT molecular complexity index is 470. The molecule has 0 amide bonds. The van der Waals surface area contributed by atoms with Crippen molar-refractivity contribution in [2.75, 3.05) is 39.5 Å². The van der Waals surface area contributed by atoms with Crippen molar-refractivity contribution >= 4 is 17.2 Å². The number of rotatable bonds is 7. The van der Waals surface area contributed by atoms with Crippen molar-refractivity contribution in [3.63, 3.8) is 0 Å². The quantitative estimate of drug-likeness (QED) is 0.573. The summed E-state index contributed by atoms with van der Waals surface area (Å²) in [5.41, 5.74) is 6.42. The number of hydrogen-bond donors (Lipinski definition) is 2. The summed E-state index contributed by atoms with van der Waals surface area (Å²) >= 11 is 4.95. The second-order valence-corrected chi connectivity index (χ2v) is 5.51. The minimum Gasteiger partial charge on any atom is -0.494 e. The second kappa shape index (κ2) is 8.29. The van der Waals surface area contributed by atoms with Gasteiger partial charge in [-0.05, 0) is 18.6 Å². The first kappa shape index (κ1) is 16.2. The zero-order valence-electron chi connectivity index (χ0n) is 12.0. The predicted molar refractivity (Wildman–Crippen MR) is 85.7 cm³/mol. The van der Waals surface area contributed by atoms with Gasteiger partial charge in [-0.2, -0.15) is 0 Å². The lowest BCUT2D eigenvalue weighted by Crippen LogP contribution is -2.44. The first-order chi connectivity index (χ1) is 10.2. The molecule has 21 heavy (non-hydrogen) atoms. The van der Waals surface area contributed by atoms with Crippen LogP contribution in [0.5, 0.6) is 5.75 Å². The van der Waals surface area contributed by atoms with Gasteiger partial charge in [0.05, 0.1) is 25.9 Å². The highest BCUT2D eigenvalue weighted by Crippen LogP contribution is 2.13. The maximum absolute atomic E-state index is 9.10. The molecule has 1 aliphatic heterocycles. The lowest BCUT2D eigenvalue weighted by atomic mass is 10.2. The fourth-order valence-electron chi connectivity index (χ4n) is 2.31. The number of aliphatic hydroxyl groups excluding tert-OH is 1. The Morgan fingerprint density at radius 1 is 1.52 bits per heavy atom. The molecule has 5 nitrogen and oxygen atoms in total. The fourth-order valence-corrected chi connectivity index (χ4v) is 2.44. The summed E-state index contributed by atoms with van der Waals surface area (Å²) < 4.78 is 11.1. The van der Waals surface area contributed by atoms with E-state index in [1.165, 1.54) is 0 Å². The van der Waals surface area contributed by atoms with Gasteiger partial charge < -0.3 is 20.3 Å². The molecule has 1 aromatic carbocycles. The first-order valence-electron chi connectivity index (χ1n) is 7.16. The maximum Gasteiger partial charge on any atom is 0.119 e. The van der Waals surface area contributed by atoms with Gasteiger partial charge in [0.25, 0.3) is 0 Å². The van der Waals surface area contributed by atoms with E-state index in [9.17, 15) is 0 Å². The number of ether oxygens (including phenoxy) is 2. The van der Waals surface area contributed by atoms with Crippen LogP contribution in [0.25, 0.3) is 0 Å². The zero-order valence-corrected chi connectivity index (χ0v) is 12.8. The van der Waals surface area contributed by atoms with Crippen molar-refractivity contribution in [2.45, 2.75) is 12.5 Å². The Labute approximate surface area is 130 Å². The number of hydrogen-bond acceptors (Lipinski definition) is 5. The van der Waals surface area contributed by atoms with Gasteiger partial charge in [0, 0.05) is 25.2 Å². The Morgan fingerprint density at radius 2 is 2.38 bits per heavy atom. The molecular weight excluding hydrogens is 288 g/mol. The Kier molecular flexibility index (Phi) is 6.38. The van der Waals surface area contributed by atoms with E-state index in [1.807, 2.05) is 24.3 Å². The largest absolute Gasteiger partial charge is 0.494 e. The normalized spacial score (nSPS) is 19.4. The Hall–Kier alpha value is -1.21. The van der Waals surface area contributed by atoms with Crippen LogP contribution in [0, 0.1) is 0 Å². The van der Waals surface area contributed by atoms with E-state index >= 15 is 0 Å². The monoisotopic (exact) mass is 310 g/mol. The summed E-state index contributed by atoms with van der Waals surface area (Å²) in [5, 5.41) is 9.10. The number of benzene rings is 1. The molecule has 1 unspecified atom stereocenters. The van der Waals surface area contributed by atoms with E-state index in [0.717, 1.165) is 37.4 Å². The van der Waals surface area contributed by atoms with E-state index < -0.39 is 0 Å². The van der Waals surface area contributed by atoms with Gasteiger partial charge in [0.2, 0.25) is 0 Å². The van der Waals surface area contributed by atoms with E-state index in [2.05, 4.69) is 4.90 Å². The summed E-state index contributed by atoms with van der Waals surface area (Å²) in [6.45, 7) is 4.04. The molecule has 0 saturated carbocycles. The predicted octanol–water partition coefficient (Wildman–Crippen LogP) is 0.783. The van der Waals surface area contributed by atoms with Gasteiger partial charge in [-0.3, -0.25) is 4.90 Å². The minimum atomic E-state index is -0.0538. The lowest BCUT2D eigenvalue weighted by molar-refractivity contribution is -0.0533. The smallest absolute Gasteiger partial charge is 0.119 e. The highest BCUT2D eigenvalue weighted by molar-refractivity contribution is 7.80. The summed E-state index contributed by atoms with van der Waals surface area (Å²) in [6, 6.07) is 7.52. The van der Waals surface area contributed by atoms with Crippen LogP contribution in [0.15, 0.2) is 24.3 Å². The van der Waals surface area contributed by atoms with Crippen molar-refractivity contribution in [3.8, 4) is 5.75 Å². The summed E-state index contributed by atoms with van der Waals surface area (Å²) in [5.74, 6) is 0.788. The lowest BCUT2D eigenvalue weighted by Gasteiger charge is -2.31. The molecule has 1 saturated heterocycles. The SMILES string of the molecule is NC(=S)c1cccc(OCCCN2CCOC(CO)C2)c1. The highest BCUT2D eigenvalue weighted by atomic mass is 32.1. The van der Waals surface area contributed by atoms with Crippen molar-refractivity contribution < 1.29 is 14.6 Å². The van der Waals surface area contributed by atoms with Crippen LogP contribution < -0.4 is 10.5 Å². The highest BCUT2D eigenvalue weighted by Gasteiger charge is 2.18. The van der Waals surface area contributed by atoms with Crippen LogP contribution in [0.4, 0.5) is 0 Å². The van der Waals surface area contributed by atoms with Crippen molar-refractivity contribution in [2.24, 2.45) is 5.73 Å². The topological polar surface area (TPSA) is 68.0 Å². The molecule has 1 atom stereocenters. The number of morpholine rings is 1. The third-order valence-electron chi connectivity index (χ3n) is 3.43. The molecule has 1 aromatic rings. The van der Waals surface area contributed by atoms with Crippen LogP contribution in [0.3, 0.4) is 0 Å². The van der Waals surface area contributed by atoms with E-state index in [1.54, 1.807) is 0 Å². The molecule has 0 radical (unpaired) electrons. The maximum atomic E-state index is 9.10. The molecule has 1 aliphatic rings. The van der Waals surface area contributed by atoms with Crippen molar-refractivity contribution in [1.82, 2.24) is 4.90 Å². The fraction of sp³-hybridized carbons (Fsp3) is 0.533. The average molecular weight is 310 g/mol. The third kappa shape index (κ3) is 5.24. The average Bonchev–Trinajstić information content (AvgIpc) is 2.52. The van der Waals surface area contributed by atoms with Crippen LogP contribution in [-0.4, -0.2) is 60.6 Å². The molecule has 0 aromatic heterocycles. The second-order valence-electron chi connectivity index (χ2n) is 5.07. The van der Waals surface area contributed by atoms with Crippen molar-refractivity contribution in [1.29, 1.82) is 0 Å². The van der Waals surface area contributed by atoms with Gasteiger partial charge in [-0.15, -0.1) is 0 Å². The first-order valence-corrected chi connectivity index (χ1v) is 7.57. The molecule has 0 spiro atoms. The summed E-state index contributed by atoms with van der Waals surface area (Å²) in [7, 11) is 0. The number of nitrogens with two attached hydrogens (primary N) is 1. The van der Waals surface area contributed by atoms with Gasteiger partial charge in [-0.25, -0.2) is 0 Å². The molecule has 6 heteroatoms. The van der Waals surface area contributed by atoms with Crippen molar-refractivity contribution in [3.05, 3.63) is 29.8 Å². The van der Waals surface area contributed by atoms with E-state index in [4.69, 9.17) is 32.5 Å². The van der Waals surface area contributed by atoms with Crippen LogP contribution in [0.2, 0.25) is 0 Å². The standard InChI is InChI=1S/C15H22N2O3S/c16-15(21)12-3-1-4-13(9-12)19-7-2-5-17-6-8-20-14(10-17)11-18/h1,3-4,9,14,18H,2,5-8,10-11H2,(H2,16,21).